The van der Waals surface area contributed by atoms with Crippen LogP contribution in [0.3, 0.4) is 0 Å². The van der Waals surface area contributed by atoms with Crippen molar-refractivity contribution < 1.29 is 4.48 Å². The average molecular weight is 357 g/mol. The fourth-order valence-corrected chi connectivity index (χ4v) is 3.11. The molecule has 0 saturated heterocycles. The minimum Gasteiger partial charge on any atom is -0.321 e. The Labute approximate surface area is 164 Å². The van der Waals surface area contributed by atoms with Gasteiger partial charge in [0.1, 0.15) is 6.04 Å². The van der Waals surface area contributed by atoms with Crippen molar-refractivity contribution in [3.05, 3.63) is 115 Å². The largest absolute Gasteiger partial charge is 0.321 e. The molecule has 1 nitrogen and oxygen atoms in total. The van der Waals surface area contributed by atoms with E-state index in [1.165, 1.54) is 22.3 Å². The number of nitrogens with zero attached hydrogens (tertiary/aromatic N) is 1. The predicted molar refractivity (Wildman–Crippen MR) is 119 cm³/mol. The first kappa shape index (κ1) is 20.4. The van der Waals surface area contributed by atoms with Gasteiger partial charge in [0.05, 0.1) is 21.1 Å². The summed E-state index contributed by atoms with van der Waals surface area (Å²) in [4.78, 5) is 0. The lowest BCUT2D eigenvalue weighted by molar-refractivity contribution is -0.895. The Hall–Kier alpha value is -2.90. The van der Waals surface area contributed by atoms with Crippen molar-refractivity contribution in [2.75, 3.05) is 21.1 Å². The second-order valence-electron chi connectivity index (χ2n) is 7.36. The quantitative estimate of drug-likeness (QED) is 0.356. The lowest BCUT2D eigenvalue weighted by Gasteiger charge is -2.32. The van der Waals surface area contributed by atoms with Gasteiger partial charge in [0.15, 0.2) is 0 Å². The highest BCUT2D eigenvalue weighted by Crippen LogP contribution is 2.24. The van der Waals surface area contributed by atoms with E-state index in [9.17, 15) is 0 Å². The number of likely N-dealkylation sites (N-methyl/N-ethyl adjacent to an activating group) is 1. The number of hydrogen-bond acceptors (Lipinski definition) is 0. The van der Waals surface area contributed by atoms with E-state index < -0.39 is 0 Å². The molecule has 0 spiro atoms. The first-order valence-electron chi connectivity index (χ1n) is 9.23. The van der Waals surface area contributed by atoms with Gasteiger partial charge in [0, 0.05) is 5.56 Å². The topological polar surface area (TPSA) is 0 Å². The molecular formula is C26H30N+. The van der Waals surface area contributed by atoms with Gasteiger partial charge in [0.2, 0.25) is 0 Å². The van der Waals surface area contributed by atoms with E-state index in [1.807, 2.05) is 30.4 Å². The van der Waals surface area contributed by atoms with E-state index in [4.69, 9.17) is 0 Å². The van der Waals surface area contributed by atoms with Crippen LogP contribution in [0.2, 0.25) is 0 Å². The molecule has 1 heteroatoms. The maximum Gasteiger partial charge on any atom is 0.133 e. The highest BCUT2D eigenvalue weighted by Gasteiger charge is 2.21. The molecule has 0 fully saturated rings. The van der Waals surface area contributed by atoms with Crippen LogP contribution in [0.1, 0.15) is 17.2 Å². The highest BCUT2D eigenvalue weighted by molar-refractivity contribution is 5.74. The third-order valence-electron chi connectivity index (χ3n) is 4.46. The number of quaternary nitrogens is 1. The van der Waals surface area contributed by atoms with Crippen LogP contribution < -0.4 is 0 Å². The lowest BCUT2D eigenvalue weighted by atomic mass is 10.00. The van der Waals surface area contributed by atoms with Crippen molar-refractivity contribution in [3.8, 4) is 11.1 Å². The molecule has 0 aromatic heterocycles. The van der Waals surface area contributed by atoms with E-state index in [0.717, 1.165) is 4.48 Å². The van der Waals surface area contributed by atoms with Crippen LogP contribution in [0.25, 0.3) is 17.2 Å². The Morgan fingerprint density at radius 1 is 0.704 bits per heavy atom. The van der Waals surface area contributed by atoms with Crippen molar-refractivity contribution >= 4 is 6.08 Å². The van der Waals surface area contributed by atoms with Gasteiger partial charge in [-0.1, -0.05) is 104 Å². The Morgan fingerprint density at radius 3 is 1.74 bits per heavy atom. The van der Waals surface area contributed by atoms with E-state index >= 15 is 0 Å². The molecule has 1 atom stereocenters. The van der Waals surface area contributed by atoms with Crippen molar-refractivity contribution in [1.29, 1.82) is 0 Å². The predicted octanol–water partition coefficient (Wildman–Crippen LogP) is 6.62. The summed E-state index contributed by atoms with van der Waals surface area (Å²) in [5.41, 5.74) is 4.98. The molecule has 27 heavy (non-hydrogen) atoms. The van der Waals surface area contributed by atoms with Crippen molar-refractivity contribution in [2.45, 2.75) is 6.04 Å². The van der Waals surface area contributed by atoms with E-state index in [1.54, 1.807) is 0 Å². The van der Waals surface area contributed by atoms with Crippen LogP contribution in [0, 0.1) is 0 Å². The van der Waals surface area contributed by atoms with Crippen LogP contribution in [-0.2, 0) is 0 Å². The Bertz CT molecular complexity index is 842. The normalized spacial score (nSPS) is 11.7. The van der Waals surface area contributed by atoms with Crippen molar-refractivity contribution in [2.24, 2.45) is 0 Å². The molecule has 1 unspecified atom stereocenters. The standard InChI is InChI=1S/C14H12.C12H18N/c1-2-12-8-6-7-11-14(12)13-9-4-3-5-10-13;1-5-12(13(2,3)4)11-9-7-6-8-10-11/h2-11H,1H2;5-10,12H,1H2,2-4H3/q;+1. The van der Waals surface area contributed by atoms with Crippen LogP contribution in [0.4, 0.5) is 0 Å². The monoisotopic (exact) mass is 356 g/mol. The van der Waals surface area contributed by atoms with Crippen LogP contribution in [0.15, 0.2) is 104 Å². The Kier molecular flexibility index (Phi) is 7.34. The van der Waals surface area contributed by atoms with Gasteiger partial charge in [-0.3, -0.25) is 0 Å². The third kappa shape index (κ3) is 5.80. The fraction of sp³-hybridized carbons (Fsp3) is 0.154. The van der Waals surface area contributed by atoms with Gasteiger partial charge in [-0.05, 0) is 22.8 Å². The van der Waals surface area contributed by atoms with Crippen LogP contribution in [-0.4, -0.2) is 25.6 Å². The van der Waals surface area contributed by atoms with Crippen molar-refractivity contribution in [3.63, 3.8) is 0 Å². The van der Waals surface area contributed by atoms with E-state index in [0.29, 0.717) is 6.04 Å². The number of benzene rings is 3. The summed E-state index contributed by atoms with van der Waals surface area (Å²) in [6.45, 7) is 7.71. The van der Waals surface area contributed by atoms with Crippen LogP contribution >= 0.6 is 0 Å². The summed E-state index contributed by atoms with van der Waals surface area (Å²) in [7, 11) is 6.54. The minimum atomic E-state index is 0.376. The van der Waals surface area contributed by atoms with Gasteiger partial charge in [-0.25, -0.2) is 0 Å². The lowest BCUT2D eigenvalue weighted by Crippen LogP contribution is -2.37. The summed E-state index contributed by atoms with van der Waals surface area (Å²) in [5, 5.41) is 0. The molecule has 3 aromatic rings. The van der Waals surface area contributed by atoms with Crippen LogP contribution in [0.5, 0.6) is 0 Å². The Morgan fingerprint density at radius 2 is 1.22 bits per heavy atom. The molecule has 0 amide bonds. The second-order valence-corrected chi connectivity index (χ2v) is 7.36. The SMILES string of the molecule is C=CC(c1ccccc1)[N+](C)(C)C.C=Cc1ccccc1-c1ccccc1. The zero-order valence-electron chi connectivity index (χ0n) is 16.7. The van der Waals surface area contributed by atoms with E-state index in [2.05, 4.69) is 101 Å². The summed E-state index contributed by atoms with van der Waals surface area (Å²) in [5.74, 6) is 0. The minimum absolute atomic E-state index is 0.376. The first-order valence-corrected chi connectivity index (χ1v) is 9.23. The average Bonchev–Trinajstić information content (AvgIpc) is 2.69. The first-order chi connectivity index (χ1) is 13.0. The molecular weight excluding hydrogens is 326 g/mol. The molecule has 0 heterocycles. The molecule has 0 bridgehead atoms. The Balaban J connectivity index is 0.000000194. The molecule has 0 aliphatic heterocycles. The fourth-order valence-electron chi connectivity index (χ4n) is 3.11. The maximum absolute atomic E-state index is 3.89. The molecule has 0 saturated carbocycles. The smallest absolute Gasteiger partial charge is 0.133 e. The molecule has 3 aromatic carbocycles. The molecule has 0 N–H and O–H groups in total. The summed E-state index contributed by atoms with van der Waals surface area (Å²) in [6, 6.07) is 29.5. The van der Waals surface area contributed by atoms with E-state index in [-0.39, 0.29) is 0 Å². The van der Waals surface area contributed by atoms with Gasteiger partial charge in [-0.2, -0.15) is 0 Å². The number of rotatable bonds is 5. The number of hydrogen-bond donors (Lipinski definition) is 0. The van der Waals surface area contributed by atoms with Crippen molar-refractivity contribution in [1.82, 2.24) is 0 Å². The third-order valence-corrected chi connectivity index (χ3v) is 4.46. The molecule has 138 valence electrons. The highest BCUT2D eigenvalue weighted by atomic mass is 15.3. The van der Waals surface area contributed by atoms with Gasteiger partial charge in [-0.15, -0.1) is 0 Å². The molecule has 0 aliphatic carbocycles. The summed E-state index contributed by atoms with van der Waals surface area (Å²) < 4.78 is 0.882. The van der Waals surface area contributed by atoms with Gasteiger partial charge >= 0.3 is 0 Å². The van der Waals surface area contributed by atoms with Gasteiger partial charge < -0.3 is 4.48 Å². The molecule has 3 rings (SSSR count). The summed E-state index contributed by atoms with van der Waals surface area (Å²) in [6.07, 6.45) is 3.90. The summed E-state index contributed by atoms with van der Waals surface area (Å²) >= 11 is 0. The zero-order chi connectivity index (χ0) is 19.7. The molecule has 0 radical (unpaired) electrons. The maximum atomic E-state index is 3.89. The van der Waals surface area contributed by atoms with Gasteiger partial charge in [0.25, 0.3) is 0 Å². The zero-order valence-corrected chi connectivity index (χ0v) is 16.7. The molecule has 0 aliphatic rings. The second kappa shape index (κ2) is 9.70.